The van der Waals surface area contributed by atoms with E-state index in [2.05, 4.69) is 15.3 Å². The number of ether oxygens (including phenoxy) is 1. The van der Waals surface area contributed by atoms with Crippen molar-refractivity contribution in [3.8, 4) is 0 Å². The van der Waals surface area contributed by atoms with E-state index in [1.165, 1.54) is 24.3 Å². The van der Waals surface area contributed by atoms with E-state index in [1.54, 1.807) is 18.2 Å². The third kappa shape index (κ3) is 4.15. The van der Waals surface area contributed by atoms with Gasteiger partial charge >= 0.3 is 5.51 Å². The maximum Gasteiger partial charge on any atom is 0.446 e. The molecule has 1 fully saturated rings. The number of aromatic nitrogens is 2. The standard InChI is InChI=1S/C19H16F3N3O2S/c20-19(21,22)28-16-6-2-1-4-12(16)18(26)23-11-7-8-13-14(10-11)25-17(24-13)15-5-3-9-27-15/h1-2,4,6-8,10,15H,3,5,9H2,(H,23,26)(H,24,25). The summed E-state index contributed by atoms with van der Waals surface area (Å²) in [5.74, 6) is 0.133. The Labute approximate surface area is 162 Å². The van der Waals surface area contributed by atoms with Crippen LogP contribution < -0.4 is 5.32 Å². The number of aromatic amines is 1. The van der Waals surface area contributed by atoms with Crippen LogP contribution in [0.4, 0.5) is 18.9 Å². The first kappa shape index (κ1) is 18.8. The number of fused-ring (bicyclic) bond motifs is 1. The highest BCUT2D eigenvalue weighted by atomic mass is 32.2. The Morgan fingerprint density at radius 3 is 2.82 bits per heavy atom. The molecule has 0 saturated carbocycles. The summed E-state index contributed by atoms with van der Waals surface area (Å²) in [6.45, 7) is 0.707. The number of hydrogen-bond donors (Lipinski definition) is 2. The molecule has 3 aromatic rings. The second kappa shape index (κ2) is 7.48. The molecule has 0 bridgehead atoms. The lowest BCUT2D eigenvalue weighted by atomic mass is 10.2. The lowest BCUT2D eigenvalue weighted by Gasteiger charge is -2.11. The van der Waals surface area contributed by atoms with Crippen LogP contribution in [0.5, 0.6) is 0 Å². The highest BCUT2D eigenvalue weighted by molar-refractivity contribution is 8.00. The molecule has 146 valence electrons. The summed E-state index contributed by atoms with van der Waals surface area (Å²) in [6, 6.07) is 10.8. The van der Waals surface area contributed by atoms with E-state index in [-0.39, 0.29) is 28.3 Å². The first-order valence-corrected chi connectivity index (χ1v) is 9.48. The van der Waals surface area contributed by atoms with E-state index in [0.717, 1.165) is 29.7 Å². The largest absolute Gasteiger partial charge is 0.446 e. The number of hydrogen-bond acceptors (Lipinski definition) is 4. The minimum absolute atomic E-state index is 0.0328. The highest BCUT2D eigenvalue weighted by Gasteiger charge is 2.31. The number of nitrogens with one attached hydrogen (secondary N) is 2. The van der Waals surface area contributed by atoms with E-state index in [1.807, 2.05) is 0 Å². The topological polar surface area (TPSA) is 67.0 Å². The maximum atomic E-state index is 12.7. The van der Waals surface area contributed by atoms with E-state index in [4.69, 9.17) is 4.74 Å². The quantitative estimate of drug-likeness (QED) is 0.578. The number of amides is 1. The Morgan fingerprint density at radius 1 is 1.25 bits per heavy atom. The molecule has 28 heavy (non-hydrogen) atoms. The number of rotatable bonds is 4. The summed E-state index contributed by atoms with van der Waals surface area (Å²) >= 11 is -0.305. The molecule has 1 aromatic heterocycles. The Balaban J connectivity index is 1.55. The molecule has 2 aromatic carbocycles. The Bertz CT molecular complexity index is 1010. The van der Waals surface area contributed by atoms with Gasteiger partial charge in [0.05, 0.1) is 16.6 Å². The van der Waals surface area contributed by atoms with E-state index in [9.17, 15) is 18.0 Å². The highest BCUT2D eigenvalue weighted by Crippen LogP contribution is 2.38. The summed E-state index contributed by atoms with van der Waals surface area (Å²) in [5.41, 5.74) is -2.58. The first-order valence-electron chi connectivity index (χ1n) is 8.66. The molecule has 4 rings (SSSR count). The van der Waals surface area contributed by atoms with Crippen molar-refractivity contribution in [2.45, 2.75) is 29.3 Å². The minimum Gasteiger partial charge on any atom is -0.370 e. The maximum absolute atomic E-state index is 12.7. The number of carbonyl (C=O) groups excluding carboxylic acids is 1. The van der Waals surface area contributed by atoms with Crippen LogP contribution in [0.3, 0.4) is 0 Å². The third-order valence-corrected chi connectivity index (χ3v) is 5.16. The van der Waals surface area contributed by atoms with Crippen LogP contribution in [0.15, 0.2) is 47.4 Å². The molecule has 0 spiro atoms. The van der Waals surface area contributed by atoms with Gasteiger partial charge in [0, 0.05) is 17.2 Å². The monoisotopic (exact) mass is 407 g/mol. The Kier molecular flexibility index (Phi) is 5.03. The van der Waals surface area contributed by atoms with E-state index in [0.29, 0.717) is 12.3 Å². The van der Waals surface area contributed by atoms with Crippen molar-refractivity contribution < 1.29 is 22.7 Å². The van der Waals surface area contributed by atoms with Crippen molar-refractivity contribution in [1.82, 2.24) is 9.97 Å². The van der Waals surface area contributed by atoms with Crippen LogP contribution in [0.2, 0.25) is 0 Å². The van der Waals surface area contributed by atoms with Gasteiger partial charge in [0.15, 0.2) is 0 Å². The van der Waals surface area contributed by atoms with Gasteiger partial charge in [-0.15, -0.1) is 0 Å². The van der Waals surface area contributed by atoms with Gasteiger partial charge in [-0.25, -0.2) is 4.98 Å². The molecule has 1 aliphatic heterocycles. The number of carbonyl (C=O) groups is 1. The van der Waals surface area contributed by atoms with Gasteiger partial charge in [-0.1, -0.05) is 12.1 Å². The zero-order valence-electron chi connectivity index (χ0n) is 14.5. The molecule has 9 heteroatoms. The molecule has 5 nitrogen and oxygen atoms in total. The molecule has 1 amide bonds. The second-order valence-electron chi connectivity index (χ2n) is 6.35. The van der Waals surface area contributed by atoms with Crippen LogP contribution in [0.25, 0.3) is 11.0 Å². The smallest absolute Gasteiger partial charge is 0.370 e. The molecule has 1 aliphatic rings. The second-order valence-corrected chi connectivity index (χ2v) is 7.46. The normalized spacial score (nSPS) is 17.2. The zero-order valence-corrected chi connectivity index (χ0v) is 15.4. The molecule has 2 heterocycles. The molecule has 2 N–H and O–H groups in total. The fourth-order valence-corrected chi connectivity index (χ4v) is 3.79. The third-order valence-electron chi connectivity index (χ3n) is 4.35. The van der Waals surface area contributed by atoms with Gasteiger partial charge in [-0.05, 0) is 54.9 Å². The Hall–Kier alpha value is -2.52. The van der Waals surface area contributed by atoms with Crippen molar-refractivity contribution in [2.24, 2.45) is 0 Å². The SMILES string of the molecule is O=C(Nc1ccc2nc(C3CCCO3)[nH]c2c1)c1ccccc1SC(F)(F)F. The molecule has 1 unspecified atom stereocenters. The predicted molar refractivity (Wildman–Crippen MR) is 100 cm³/mol. The van der Waals surface area contributed by atoms with Crippen molar-refractivity contribution in [3.63, 3.8) is 0 Å². The average molecular weight is 407 g/mol. The fourth-order valence-electron chi connectivity index (χ4n) is 3.12. The first-order chi connectivity index (χ1) is 13.4. The number of imidazole rings is 1. The number of benzene rings is 2. The van der Waals surface area contributed by atoms with Crippen molar-refractivity contribution >= 4 is 34.4 Å². The number of halogens is 3. The number of alkyl halides is 3. The van der Waals surface area contributed by atoms with Crippen LogP contribution in [0, 0.1) is 0 Å². The van der Waals surface area contributed by atoms with Crippen molar-refractivity contribution in [3.05, 3.63) is 53.9 Å². The number of nitrogens with zero attached hydrogens (tertiary/aromatic N) is 1. The lowest BCUT2D eigenvalue weighted by Crippen LogP contribution is -2.14. The van der Waals surface area contributed by atoms with Crippen molar-refractivity contribution in [1.29, 1.82) is 0 Å². The molecule has 0 radical (unpaired) electrons. The van der Waals surface area contributed by atoms with Gasteiger partial charge in [0.25, 0.3) is 5.91 Å². The van der Waals surface area contributed by atoms with E-state index >= 15 is 0 Å². The van der Waals surface area contributed by atoms with Gasteiger partial charge < -0.3 is 15.0 Å². The van der Waals surface area contributed by atoms with Gasteiger partial charge in [-0.3, -0.25) is 4.79 Å². The van der Waals surface area contributed by atoms with Crippen molar-refractivity contribution in [2.75, 3.05) is 11.9 Å². The number of anilines is 1. The molecular weight excluding hydrogens is 391 g/mol. The van der Waals surface area contributed by atoms with Crippen LogP contribution in [0.1, 0.15) is 35.1 Å². The fraction of sp³-hybridized carbons (Fsp3) is 0.263. The summed E-state index contributed by atoms with van der Waals surface area (Å²) < 4.78 is 43.8. The summed E-state index contributed by atoms with van der Waals surface area (Å²) in [5, 5.41) is 2.66. The number of thioether (sulfide) groups is 1. The van der Waals surface area contributed by atoms with E-state index < -0.39 is 11.4 Å². The molecule has 0 aliphatic carbocycles. The summed E-state index contributed by atoms with van der Waals surface area (Å²) in [7, 11) is 0. The number of H-pyrrole nitrogens is 1. The van der Waals surface area contributed by atoms with Gasteiger partial charge in [0.2, 0.25) is 0 Å². The summed E-state index contributed by atoms with van der Waals surface area (Å²) in [4.78, 5) is 20.1. The Morgan fingerprint density at radius 2 is 2.07 bits per heavy atom. The van der Waals surface area contributed by atoms with Crippen LogP contribution in [-0.2, 0) is 4.74 Å². The average Bonchev–Trinajstić information content (AvgIpc) is 3.29. The van der Waals surface area contributed by atoms with Crippen LogP contribution >= 0.6 is 11.8 Å². The molecule has 1 saturated heterocycles. The lowest BCUT2D eigenvalue weighted by molar-refractivity contribution is -0.0328. The molecule has 1 atom stereocenters. The zero-order chi connectivity index (χ0) is 19.7. The predicted octanol–water partition coefficient (Wildman–Crippen LogP) is 5.28. The molecular formula is C19H16F3N3O2S. The van der Waals surface area contributed by atoms with Gasteiger partial charge in [-0.2, -0.15) is 13.2 Å². The van der Waals surface area contributed by atoms with Crippen LogP contribution in [-0.4, -0.2) is 28.0 Å². The van der Waals surface area contributed by atoms with Gasteiger partial charge in [0.1, 0.15) is 11.9 Å². The minimum atomic E-state index is -4.47. The summed E-state index contributed by atoms with van der Waals surface area (Å²) in [6.07, 6.45) is 1.83.